The molecule has 5 nitrogen and oxygen atoms in total. The second kappa shape index (κ2) is 10.2. The maximum atomic E-state index is 15.0. The summed E-state index contributed by atoms with van der Waals surface area (Å²) < 4.78 is 26.4. The van der Waals surface area contributed by atoms with Gasteiger partial charge in [-0.05, 0) is 82.9 Å². The number of carbonyl (C=O) groups is 1. The first-order valence-corrected chi connectivity index (χ1v) is 13.1. The van der Waals surface area contributed by atoms with Gasteiger partial charge in [0.25, 0.3) is 0 Å². The summed E-state index contributed by atoms with van der Waals surface area (Å²) in [6.07, 6.45) is 6.48. The molecule has 6 heteroatoms. The smallest absolute Gasteiger partial charge is 0.303 e. The third-order valence-electron chi connectivity index (χ3n) is 8.22. The zero-order valence-corrected chi connectivity index (χ0v) is 21.7. The molecule has 0 amide bonds. The number of aryl methyl sites for hydroxylation is 1. The number of carboxylic acids is 1. The number of aromatic nitrogens is 1. The number of aliphatic carboxylic acids is 1. The quantitative estimate of drug-likeness (QED) is 0.350. The molecule has 37 heavy (non-hydrogen) atoms. The fraction of sp³-hybridized carbons (Fsp3) is 0.419. The first kappa shape index (κ1) is 25.2. The van der Waals surface area contributed by atoms with Crippen LogP contribution in [0.15, 0.2) is 48.7 Å². The van der Waals surface area contributed by atoms with Gasteiger partial charge in [0.1, 0.15) is 18.2 Å². The Morgan fingerprint density at radius 3 is 2.68 bits per heavy atom. The zero-order valence-electron chi connectivity index (χ0n) is 21.7. The van der Waals surface area contributed by atoms with Gasteiger partial charge in [0.05, 0.1) is 19.7 Å². The van der Waals surface area contributed by atoms with Crippen LogP contribution < -0.4 is 9.47 Å². The molecule has 2 aliphatic carbocycles. The van der Waals surface area contributed by atoms with Gasteiger partial charge in [-0.1, -0.05) is 44.5 Å². The number of hydrogen-bond donors (Lipinski definition) is 1. The minimum atomic E-state index is -0.769. The summed E-state index contributed by atoms with van der Waals surface area (Å²) in [5.74, 6) is 0.341. The van der Waals surface area contributed by atoms with E-state index in [1.54, 1.807) is 6.07 Å². The van der Waals surface area contributed by atoms with E-state index in [4.69, 9.17) is 9.47 Å². The molecule has 1 saturated carbocycles. The molecule has 1 aromatic heterocycles. The van der Waals surface area contributed by atoms with Gasteiger partial charge in [-0.15, -0.1) is 0 Å². The van der Waals surface area contributed by atoms with E-state index in [-0.39, 0.29) is 23.6 Å². The van der Waals surface area contributed by atoms with E-state index in [0.29, 0.717) is 24.0 Å². The van der Waals surface area contributed by atoms with Crippen molar-refractivity contribution in [1.29, 1.82) is 0 Å². The Bertz CT molecular complexity index is 1320. The molecule has 0 saturated heterocycles. The van der Waals surface area contributed by atoms with Crippen molar-refractivity contribution in [2.24, 2.45) is 5.41 Å². The lowest BCUT2D eigenvalue weighted by Crippen LogP contribution is -2.17. The summed E-state index contributed by atoms with van der Waals surface area (Å²) >= 11 is 0. The monoisotopic (exact) mass is 503 g/mol. The van der Waals surface area contributed by atoms with E-state index < -0.39 is 5.97 Å². The lowest BCUT2D eigenvalue weighted by molar-refractivity contribution is -0.137. The summed E-state index contributed by atoms with van der Waals surface area (Å²) in [6.45, 7) is 4.96. The van der Waals surface area contributed by atoms with Crippen molar-refractivity contribution >= 4 is 5.97 Å². The molecule has 0 bridgehead atoms. The highest BCUT2D eigenvalue weighted by molar-refractivity contribution is 5.70. The number of fused-ring (bicyclic) bond motifs is 1. The number of ether oxygens (including phenoxy) is 2. The van der Waals surface area contributed by atoms with Gasteiger partial charge in [0.2, 0.25) is 5.88 Å². The van der Waals surface area contributed by atoms with E-state index in [2.05, 4.69) is 31.0 Å². The fourth-order valence-corrected chi connectivity index (χ4v) is 6.22. The molecular formula is C31H34FNO4. The van der Waals surface area contributed by atoms with E-state index >= 15 is 0 Å². The van der Waals surface area contributed by atoms with Crippen molar-refractivity contribution in [1.82, 2.24) is 4.98 Å². The Kier molecular flexibility index (Phi) is 6.93. The van der Waals surface area contributed by atoms with Gasteiger partial charge in [0.15, 0.2) is 0 Å². The Morgan fingerprint density at radius 1 is 1.11 bits per heavy atom. The molecule has 1 N–H and O–H groups in total. The highest BCUT2D eigenvalue weighted by atomic mass is 19.1. The number of methoxy groups -OCH3 is 1. The third kappa shape index (κ3) is 5.20. The molecule has 0 aliphatic heterocycles. The molecule has 0 spiro atoms. The average Bonchev–Trinajstić information content (AvgIpc) is 3.44. The van der Waals surface area contributed by atoms with Crippen LogP contribution >= 0.6 is 0 Å². The van der Waals surface area contributed by atoms with Gasteiger partial charge in [-0.2, -0.15) is 0 Å². The van der Waals surface area contributed by atoms with Gasteiger partial charge >= 0.3 is 5.97 Å². The molecule has 2 aromatic carbocycles. The Morgan fingerprint density at radius 2 is 1.95 bits per heavy atom. The number of halogens is 1. The van der Waals surface area contributed by atoms with Crippen LogP contribution in [0.4, 0.5) is 4.39 Å². The van der Waals surface area contributed by atoms with E-state index in [0.717, 1.165) is 60.1 Å². The SMILES string of the molecule is COc1cc(-c2ccc(COc3ccc4c(c3)[C@@H](CC(=O)O)CC4)cc2[C@H]2CCCC2(C)C)c(F)cn1. The molecule has 0 radical (unpaired) electrons. The van der Waals surface area contributed by atoms with Crippen LogP contribution in [0.3, 0.4) is 0 Å². The van der Waals surface area contributed by atoms with Gasteiger partial charge in [-0.25, -0.2) is 9.37 Å². The molecule has 1 fully saturated rings. The van der Waals surface area contributed by atoms with Crippen molar-refractivity contribution in [3.05, 3.63) is 76.7 Å². The Balaban J connectivity index is 1.44. The second-order valence-corrected chi connectivity index (χ2v) is 11.0. The number of pyridine rings is 1. The van der Waals surface area contributed by atoms with E-state index in [9.17, 15) is 14.3 Å². The summed E-state index contributed by atoms with van der Waals surface area (Å²) in [6, 6.07) is 13.9. The number of carboxylic acid groups (broad SMARTS) is 1. The standard InChI is InChI=1S/C31H34FNO4/c1-31(2)12-4-5-27(31)25-13-19(6-11-23(25)26-16-29(36-3)33-17-28(26)32)18-37-22-10-9-20-7-8-21(14-30(34)35)24(20)15-22/h6,9-11,13,15-17,21,27H,4-5,7-8,12,14,18H2,1-3H3,(H,34,35)/t21-,27-/m1/s1. The zero-order chi connectivity index (χ0) is 26.2. The minimum absolute atomic E-state index is 0.0405. The Labute approximate surface area is 217 Å². The third-order valence-corrected chi connectivity index (χ3v) is 8.22. The molecule has 2 aliphatic rings. The topological polar surface area (TPSA) is 68.7 Å². The average molecular weight is 504 g/mol. The summed E-state index contributed by atoms with van der Waals surface area (Å²) in [5, 5.41) is 9.26. The van der Waals surface area contributed by atoms with Crippen LogP contribution in [0.2, 0.25) is 0 Å². The maximum Gasteiger partial charge on any atom is 0.303 e. The van der Waals surface area contributed by atoms with Crippen LogP contribution in [-0.2, 0) is 17.8 Å². The van der Waals surface area contributed by atoms with Crippen LogP contribution in [0.25, 0.3) is 11.1 Å². The van der Waals surface area contributed by atoms with Gasteiger partial charge in [-0.3, -0.25) is 4.79 Å². The Hall–Kier alpha value is -3.41. The lowest BCUT2D eigenvalue weighted by atomic mass is 9.75. The highest BCUT2D eigenvalue weighted by Gasteiger charge is 2.37. The molecule has 5 rings (SSSR count). The molecule has 1 heterocycles. The van der Waals surface area contributed by atoms with Crippen molar-refractivity contribution < 1.29 is 23.8 Å². The number of hydrogen-bond acceptors (Lipinski definition) is 4. The van der Waals surface area contributed by atoms with E-state index in [1.807, 2.05) is 24.3 Å². The predicted octanol–water partition coefficient (Wildman–Crippen LogP) is 7.27. The summed E-state index contributed by atoms with van der Waals surface area (Å²) in [5.41, 5.74) is 5.93. The molecule has 194 valence electrons. The fourth-order valence-electron chi connectivity index (χ4n) is 6.22. The van der Waals surface area contributed by atoms with Gasteiger partial charge in [0, 0.05) is 11.6 Å². The summed E-state index contributed by atoms with van der Waals surface area (Å²) in [4.78, 5) is 15.3. The molecular weight excluding hydrogens is 469 g/mol. The maximum absolute atomic E-state index is 15.0. The first-order chi connectivity index (χ1) is 17.7. The van der Waals surface area contributed by atoms with Gasteiger partial charge < -0.3 is 14.6 Å². The number of nitrogens with zero attached hydrogens (tertiary/aromatic N) is 1. The number of benzene rings is 2. The van der Waals surface area contributed by atoms with Crippen LogP contribution in [0.5, 0.6) is 11.6 Å². The molecule has 0 unspecified atom stereocenters. The van der Waals surface area contributed by atoms with E-state index in [1.165, 1.54) is 18.9 Å². The van der Waals surface area contributed by atoms with Crippen LogP contribution in [0.1, 0.15) is 80.0 Å². The number of rotatable bonds is 8. The largest absolute Gasteiger partial charge is 0.489 e. The second-order valence-electron chi connectivity index (χ2n) is 11.0. The van der Waals surface area contributed by atoms with Crippen molar-refractivity contribution in [3.63, 3.8) is 0 Å². The lowest BCUT2D eigenvalue weighted by Gasteiger charge is -2.30. The first-order valence-electron chi connectivity index (χ1n) is 13.1. The highest BCUT2D eigenvalue weighted by Crippen LogP contribution is 2.51. The normalized spacial score (nSPS) is 20.0. The molecule has 2 atom stereocenters. The van der Waals surface area contributed by atoms with Crippen molar-refractivity contribution in [2.45, 2.75) is 70.8 Å². The van der Waals surface area contributed by atoms with Crippen molar-refractivity contribution in [3.8, 4) is 22.8 Å². The summed E-state index contributed by atoms with van der Waals surface area (Å²) in [7, 11) is 1.54. The van der Waals surface area contributed by atoms with Crippen LogP contribution in [-0.4, -0.2) is 23.2 Å². The van der Waals surface area contributed by atoms with Crippen molar-refractivity contribution in [2.75, 3.05) is 7.11 Å². The van der Waals surface area contributed by atoms with Crippen LogP contribution in [0, 0.1) is 11.2 Å². The minimum Gasteiger partial charge on any atom is -0.489 e. The molecule has 3 aromatic rings. The predicted molar refractivity (Wildman–Crippen MR) is 141 cm³/mol.